The summed E-state index contributed by atoms with van der Waals surface area (Å²) in [6.07, 6.45) is 1.25. The molecule has 3 rings (SSSR count). The number of carbonyl (C=O) groups excluding carboxylic acids is 1. The number of aromatic amines is 2. The Bertz CT molecular complexity index is 1390. The molecule has 0 aliphatic heterocycles. The highest BCUT2D eigenvalue weighted by Gasteiger charge is 2.23. The number of carbonyl (C=O) groups is 2. The topological polar surface area (TPSA) is 184 Å². The minimum atomic E-state index is -1.29. The van der Waals surface area contributed by atoms with E-state index in [1.807, 2.05) is 4.98 Å². The van der Waals surface area contributed by atoms with Crippen LogP contribution in [0.2, 0.25) is 0 Å². The minimum absolute atomic E-state index is 0.0128. The Kier molecular flexibility index (Phi) is 6.03. The molecule has 0 aliphatic rings. The van der Waals surface area contributed by atoms with Gasteiger partial charge in [0.05, 0.1) is 11.1 Å². The second kappa shape index (κ2) is 8.42. The largest absolute Gasteiger partial charge is 0.623 e. The van der Waals surface area contributed by atoms with Crippen LogP contribution < -0.4 is 16.6 Å². The predicted molar refractivity (Wildman–Crippen MR) is 120 cm³/mol. The maximum absolute atomic E-state index is 12.9. The van der Waals surface area contributed by atoms with Gasteiger partial charge in [0.25, 0.3) is 11.5 Å². The number of hydrogen-bond acceptors (Lipinski definition) is 8. The van der Waals surface area contributed by atoms with E-state index >= 15 is 0 Å². The average Bonchev–Trinajstić information content (AvgIpc) is 2.68. The highest BCUT2D eigenvalue weighted by atomic mass is 32.1. The van der Waals surface area contributed by atoms with Crippen molar-refractivity contribution in [2.24, 2.45) is 0 Å². The summed E-state index contributed by atoms with van der Waals surface area (Å²) in [4.78, 5) is 60.7. The third-order valence-electron chi connectivity index (χ3n) is 4.42. The number of rotatable bonds is 5. The van der Waals surface area contributed by atoms with Crippen LogP contribution in [0.3, 0.4) is 0 Å². The van der Waals surface area contributed by atoms with E-state index in [4.69, 9.17) is 0 Å². The Hall–Kier alpha value is -3.74. The fourth-order valence-electron chi connectivity index (χ4n) is 2.73. The molecule has 0 spiro atoms. The number of amides is 1. The monoisotopic (exact) mass is 460 g/mol. The lowest BCUT2D eigenvalue weighted by Crippen LogP contribution is -2.42. The van der Waals surface area contributed by atoms with Crippen LogP contribution >= 0.6 is 12.6 Å². The highest BCUT2D eigenvalue weighted by Crippen LogP contribution is 2.20. The van der Waals surface area contributed by atoms with E-state index in [9.17, 15) is 29.5 Å². The Balaban J connectivity index is 2.31. The Morgan fingerprint density at radius 2 is 1.94 bits per heavy atom. The zero-order valence-corrected chi connectivity index (χ0v) is 18.2. The first-order valence-corrected chi connectivity index (χ1v) is 9.98. The summed E-state index contributed by atoms with van der Waals surface area (Å²) < 4.78 is 0.685. The van der Waals surface area contributed by atoms with Gasteiger partial charge in [-0.05, 0) is 12.1 Å². The van der Waals surface area contributed by atoms with Crippen molar-refractivity contribution >= 4 is 52.9 Å². The Labute approximate surface area is 185 Å². The van der Waals surface area contributed by atoms with Crippen LogP contribution in [0.1, 0.15) is 36.7 Å². The van der Waals surface area contributed by atoms with Crippen LogP contribution in [-0.2, 0) is 4.79 Å². The van der Waals surface area contributed by atoms with Crippen LogP contribution in [0.25, 0.3) is 22.2 Å². The van der Waals surface area contributed by atoms with Gasteiger partial charge >= 0.3 is 11.7 Å². The zero-order chi connectivity index (χ0) is 23.8. The summed E-state index contributed by atoms with van der Waals surface area (Å²) in [5, 5.41) is 24.0. The van der Waals surface area contributed by atoms with Gasteiger partial charge in [-0.15, -0.1) is 0 Å². The van der Waals surface area contributed by atoms with Crippen molar-refractivity contribution in [2.75, 3.05) is 5.75 Å². The summed E-state index contributed by atoms with van der Waals surface area (Å²) in [5.41, 5.74) is -2.42. The maximum atomic E-state index is 12.9. The SMILES string of the molecule is CC(C)(C)/[N+]([O-])=C/c1cc(C(=O)NC(CS)C(=O)O)c2nc3c(=O)[nH]c(=O)[nH]c3nc2c1. The summed E-state index contributed by atoms with van der Waals surface area (Å²) in [7, 11) is 0. The van der Waals surface area contributed by atoms with Crippen molar-refractivity contribution in [3.8, 4) is 0 Å². The molecule has 2 heterocycles. The van der Waals surface area contributed by atoms with Crippen LogP contribution in [0.15, 0.2) is 21.7 Å². The summed E-state index contributed by atoms with van der Waals surface area (Å²) in [6.45, 7) is 5.08. The lowest BCUT2D eigenvalue weighted by atomic mass is 10.1. The van der Waals surface area contributed by atoms with Crippen molar-refractivity contribution in [1.29, 1.82) is 0 Å². The summed E-state index contributed by atoms with van der Waals surface area (Å²) in [6, 6.07) is 1.51. The fourth-order valence-corrected chi connectivity index (χ4v) is 2.97. The third-order valence-corrected chi connectivity index (χ3v) is 4.79. The molecular weight excluding hydrogens is 440 g/mol. The predicted octanol–water partition coefficient (Wildman–Crippen LogP) is 0.000100. The van der Waals surface area contributed by atoms with Crippen LogP contribution in [0.4, 0.5) is 0 Å². The molecule has 1 atom stereocenters. The normalized spacial score (nSPS) is 13.3. The number of H-pyrrole nitrogens is 2. The van der Waals surface area contributed by atoms with E-state index in [2.05, 4.69) is 32.9 Å². The van der Waals surface area contributed by atoms with Gasteiger partial charge in [-0.1, -0.05) is 0 Å². The van der Waals surface area contributed by atoms with Crippen LogP contribution in [0.5, 0.6) is 0 Å². The first kappa shape index (κ1) is 22.9. The minimum Gasteiger partial charge on any atom is -0.623 e. The van der Waals surface area contributed by atoms with E-state index in [1.165, 1.54) is 18.3 Å². The molecular formula is C19H20N6O6S. The number of nitrogens with zero attached hydrogens (tertiary/aromatic N) is 3. The fraction of sp³-hybridized carbons (Fsp3) is 0.316. The standard InChI is InChI=1S/C19H20N6O6S/c1-19(2,3)25(31)6-8-4-9(15(26)21-11(7-32)17(28)29)12-10(5-8)20-14-13(22-12)16(27)24-18(30)23-14/h4-6,11,32H,7H2,1-3H3,(H,21,26)(H,28,29)(H2,20,23,24,27,30)/b25-6-. The highest BCUT2D eigenvalue weighted by molar-refractivity contribution is 7.80. The van der Waals surface area contributed by atoms with Gasteiger partial charge in [0, 0.05) is 32.1 Å². The van der Waals surface area contributed by atoms with Crippen molar-refractivity contribution in [2.45, 2.75) is 32.4 Å². The number of thiol groups is 1. The van der Waals surface area contributed by atoms with Gasteiger partial charge in [-0.25, -0.2) is 24.3 Å². The van der Waals surface area contributed by atoms with E-state index in [0.29, 0.717) is 4.74 Å². The molecule has 3 aromatic rings. The smallest absolute Gasteiger partial charge is 0.327 e. The van der Waals surface area contributed by atoms with E-state index in [0.717, 1.165) is 0 Å². The molecule has 0 bridgehead atoms. The number of benzene rings is 1. The Morgan fingerprint density at radius 1 is 1.25 bits per heavy atom. The number of carboxylic acids is 1. The van der Waals surface area contributed by atoms with Gasteiger partial charge in [0.1, 0.15) is 11.6 Å². The van der Waals surface area contributed by atoms with Crippen molar-refractivity contribution < 1.29 is 19.4 Å². The van der Waals surface area contributed by atoms with E-state index in [-0.39, 0.29) is 39.1 Å². The number of carboxylic acid groups (broad SMARTS) is 1. The molecule has 0 saturated heterocycles. The van der Waals surface area contributed by atoms with E-state index in [1.54, 1.807) is 20.8 Å². The quantitative estimate of drug-likeness (QED) is 0.0879. The van der Waals surface area contributed by atoms with Crippen LogP contribution in [-0.4, -0.2) is 65.2 Å². The van der Waals surface area contributed by atoms with Gasteiger partial charge in [-0.3, -0.25) is 19.6 Å². The molecule has 1 unspecified atom stereocenters. The lowest BCUT2D eigenvalue weighted by molar-refractivity contribution is -0.530. The van der Waals surface area contributed by atoms with Gasteiger partial charge in [0.2, 0.25) is 0 Å². The molecule has 0 radical (unpaired) electrons. The van der Waals surface area contributed by atoms with E-state index < -0.39 is 34.7 Å². The summed E-state index contributed by atoms with van der Waals surface area (Å²) in [5.74, 6) is -2.27. The number of aromatic nitrogens is 4. The molecule has 0 saturated carbocycles. The summed E-state index contributed by atoms with van der Waals surface area (Å²) >= 11 is 3.93. The first-order chi connectivity index (χ1) is 14.9. The molecule has 0 fully saturated rings. The number of hydrogen-bond donors (Lipinski definition) is 5. The second-order valence-electron chi connectivity index (χ2n) is 7.94. The molecule has 32 heavy (non-hydrogen) atoms. The lowest BCUT2D eigenvalue weighted by Gasteiger charge is -2.19. The average molecular weight is 460 g/mol. The Morgan fingerprint density at radius 3 is 2.53 bits per heavy atom. The van der Waals surface area contributed by atoms with Gasteiger partial charge in [-0.2, -0.15) is 12.6 Å². The van der Waals surface area contributed by atoms with Crippen molar-refractivity contribution in [3.05, 3.63) is 49.3 Å². The van der Waals surface area contributed by atoms with Crippen molar-refractivity contribution in [3.63, 3.8) is 0 Å². The molecule has 0 aliphatic carbocycles. The second-order valence-corrected chi connectivity index (χ2v) is 8.30. The molecule has 1 aromatic carbocycles. The molecule has 2 aromatic heterocycles. The number of aliphatic carboxylic acids is 1. The third kappa shape index (κ3) is 4.61. The molecule has 1 amide bonds. The number of nitrogens with one attached hydrogen (secondary N) is 3. The van der Waals surface area contributed by atoms with Crippen LogP contribution in [0, 0.1) is 5.21 Å². The van der Waals surface area contributed by atoms with Gasteiger partial charge in [0.15, 0.2) is 22.9 Å². The molecule has 168 valence electrons. The first-order valence-electron chi connectivity index (χ1n) is 9.34. The number of hydroxylamine groups is 1. The zero-order valence-electron chi connectivity index (χ0n) is 17.3. The maximum Gasteiger partial charge on any atom is 0.327 e. The van der Waals surface area contributed by atoms with Gasteiger partial charge < -0.3 is 15.6 Å². The molecule has 12 nitrogen and oxygen atoms in total. The van der Waals surface area contributed by atoms with Crippen molar-refractivity contribution in [1.82, 2.24) is 25.3 Å². The molecule has 13 heteroatoms. The molecule has 4 N–H and O–H groups in total. The number of fused-ring (bicyclic) bond motifs is 2.